The summed E-state index contributed by atoms with van der Waals surface area (Å²) in [6.07, 6.45) is 1.18. The molecule has 0 saturated carbocycles. The maximum absolute atomic E-state index is 12.8. The van der Waals surface area contributed by atoms with Gasteiger partial charge in [-0.25, -0.2) is 14.4 Å². The summed E-state index contributed by atoms with van der Waals surface area (Å²) in [6.45, 7) is 4.18. The SMILES string of the molecule is Cc1ccc(-c2csc(Nc3ccc(F)cn3)n2)cc1C. The van der Waals surface area contributed by atoms with Crippen LogP contribution in [-0.4, -0.2) is 9.97 Å². The summed E-state index contributed by atoms with van der Waals surface area (Å²) in [5.74, 6) is 0.230. The lowest BCUT2D eigenvalue weighted by Crippen LogP contribution is -1.93. The lowest BCUT2D eigenvalue weighted by Gasteiger charge is -2.03. The van der Waals surface area contributed by atoms with E-state index in [-0.39, 0.29) is 5.82 Å². The van der Waals surface area contributed by atoms with Crippen LogP contribution in [0.25, 0.3) is 11.3 Å². The van der Waals surface area contributed by atoms with Gasteiger partial charge in [-0.15, -0.1) is 11.3 Å². The number of nitrogens with zero attached hydrogens (tertiary/aromatic N) is 2. The van der Waals surface area contributed by atoms with E-state index < -0.39 is 0 Å². The number of aryl methyl sites for hydroxylation is 2. The highest BCUT2D eigenvalue weighted by Crippen LogP contribution is 2.27. The lowest BCUT2D eigenvalue weighted by molar-refractivity contribution is 0.622. The van der Waals surface area contributed by atoms with Crippen LogP contribution >= 0.6 is 11.3 Å². The Morgan fingerprint density at radius 1 is 1.10 bits per heavy atom. The molecule has 0 aliphatic carbocycles. The van der Waals surface area contributed by atoms with Crippen LogP contribution < -0.4 is 5.32 Å². The van der Waals surface area contributed by atoms with Gasteiger partial charge < -0.3 is 5.32 Å². The number of pyridine rings is 1. The summed E-state index contributed by atoms with van der Waals surface area (Å²) in [5.41, 5.74) is 4.53. The molecule has 0 aliphatic heterocycles. The Labute approximate surface area is 126 Å². The highest BCUT2D eigenvalue weighted by Gasteiger charge is 2.06. The normalized spacial score (nSPS) is 10.6. The van der Waals surface area contributed by atoms with Crippen LogP contribution in [0.5, 0.6) is 0 Å². The van der Waals surface area contributed by atoms with Crippen LogP contribution in [-0.2, 0) is 0 Å². The van der Waals surface area contributed by atoms with Gasteiger partial charge in [0, 0.05) is 10.9 Å². The van der Waals surface area contributed by atoms with Gasteiger partial charge in [-0.2, -0.15) is 0 Å². The fraction of sp³-hybridized carbons (Fsp3) is 0.125. The highest BCUT2D eigenvalue weighted by atomic mass is 32.1. The zero-order valence-electron chi connectivity index (χ0n) is 11.7. The topological polar surface area (TPSA) is 37.8 Å². The zero-order valence-corrected chi connectivity index (χ0v) is 12.5. The molecule has 0 unspecified atom stereocenters. The number of anilines is 2. The molecule has 0 atom stereocenters. The van der Waals surface area contributed by atoms with Crippen LogP contribution in [0.15, 0.2) is 41.9 Å². The average molecular weight is 299 g/mol. The van der Waals surface area contributed by atoms with Crippen molar-refractivity contribution in [3.05, 3.63) is 58.9 Å². The molecule has 0 fully saturated rings. The summed E-state index contributed by atoms with van der Waals surface area (Å²) in [4.78, 5) is 8.50. The van der Waals surface area contributed by atoms with Crippen LogP contribution in [0.1, 0.15) is 11.1 Å². The number of hydrogen-bond donors (Lipinski definition) is 1. The van der Waals surface area contributed by atoms with Gasteiger partial charge >= 0.3 is 0 Å². The molecule has 2 heterocycles. The van der Waals surface area contributed by atoms with E-state index in [1.165, 1.54) is 34.7 Å². The number of benzene rings is 1. The van der Waals surface area contributed by atoms with E-state index >= 15 is 0 Å². The van der Waals surface area contributed by atoms with Crippen molar-refractivity contribution in [1.29, 1.82) is 0 Å². The molecule has 1 aromatic carbocycles. The quantitative estimate of drug-likeness (QED) is 0.761. The molecule has 106 valence electrons. The molecule has 1 N–H and O–H groups in total. The molecule has 5 heteroatoms. The van der Waals surface area contributed by atoms with Gasteiger partial charge in [-0.1, -0.05) is 12.1 Å². The Kier molecular flexibility index (Phi) is 3.66. The van der Waals surface area contributed by atoms with Crippen molar-refractivity contribution in [2.24, 2.45) is 0 Å². The summed E-state index contributed by atoms with van der Waals surface area (Å²) in [5, 5.41) is 5.81. The van der Waals surface area contributed by atoms with Gasteiger partial charge in [0.05, 0.1) is 11.9 Å². The molecule has 0 spiro atoms. The minimum absolute atomic E-state index is 0.351. The molecule has 0 saturated heterocycles. The maximum atomic E-state index is 12.8. The largest absolute Gasteiger partial charge is 0.316 e. The third-order valence-corrected chi connectivity index (χ3v) is 4.03. The molecule has 0 amide bonds. The van der Waals surface area contributed by atoms with Crippen molar-refractivity contribution in [2.75, 3.05) is 5.32 Å². The van der Waals surface area contributed by atoms with Crippen LogP contribution in [0.2, 0.25) is 0 Å². The number of thiazole rings is 1. The van der Waals surface area contributed by atoms with Crippen molar-refractivity contribution in [3.63, 3.8) is 0 Å². The van der Waals surface area contributed by atoms with Crippen molar-refractivity contribution < 1.29 is 4.39 Å². The van der Waals surface area contributed by atoms with Gasteiger partial charge in [0.15, 0.2) is 5.13 Å². The Bertz CT molecular complexity index is 765. The molecule has 0 aliphatic rings. The Morgan fingerprint density at radius 3 is 2.67 bits per heavy atom. The second-order valence-corrected chi connectivity index (χ2v) is 5.68. The summed E-state index contributed by atoms with van der Waals surface area (Å²) < 4.78 is 12.8. The second kappa shape index (κ2) is 5.61. The molecule has 3 rings (SSSR count). The van der Waals surface area contributed by atoms with Gasteiger partial charge in [0.1, 0.15) is 11.6 Å². The van der Waals surface area contributed by atoms with Gasteiger partial charge in [-0.3, -0.25) is 0 Å². The van der Waals surface area contributed by atoms with E-state index in [1.54, 1.807) is 6.07 Å². The van der Waals surface area contributed by atoms with Crippen LogP contribution in [0, 0.1) is 19.7 Å². The standard InChI is InChI=1S/C16H14FN3S/c1-10-3-4-12(7-11(10)2)14-9-21-16(19-14)20-15-6-5-13(17)8-18-15/h3-9H,1-2H3,(H,18,19,20). The first-order valence-corrected chi connectivity index (χ1v) is 7.41. The molecule has 0 radical (unpaired) electrons. The fourth-order valence-electron chi connectivity index (χ4n) is 1.92. The molecule has 2 aromatic heterocycles. The minimum atomic E-state index is -0.351. The fourth-order valence-corrected chi connectivity index (χ4v) is 2.65. The predicted octanol–water partition coefficient (Wildman–Crippen LogP) is 4.70. The van der Waals surface area contributed by atoms with E-state index in [1.807, 2.05) is 5.38 Å². The van der Waals surface area contributed by atoms with Gasteiger partial charge in [0.25, 0.3) is 0 Å². The number of hydrogen-bond acceptors (Lipinski definition) is 4. The van der Waals surface area contributed by atoms with Crippen molar-refractivity contribution in [3.8, 4) is 11.3 Å². The smallest absolute Gasteiger partial charge is 0.188 e. The summed E-state index contributed by atoms with van der Waals surface area (Å²) in [7, 11) is 0. The molecule has 21 heavy (non-hydrogen) atoms. The maximum Gasteiger partial charge on any atom is 0.188 e. The molecular formula is C16H14FN3S. The monoisotopic (exact) mass is 299 g/mol. The van der Waals surface area contributed by atoms with E-state index in [0.29, 0.717) is 5.82 Å². The number of nitrogens with one attached hydrogen (secondary N) is 1. The first-order valence-electron chi connectivity index (χ1n) is 6.53. The number of aromatic nitrogens is 2. The third-order valence-electron chi connectivity index (χ3n) is 3.27. The van der Waals surface area contributed by atoms with Crippen LogP contribution in [0.3, 0.4) is 0 Å². The molecule has 3 nitrogen and oxygen atoms in total. The van der Waals surface area contributed by atoms with E-state index in [2.05, 4.69) is 47.3 Å². The Morgan fingerprint density at radius 2 is 1.95 bits per heavy atom. The second-order valence-electron chi connectivity index (χ2n) is 4.82. The molecular weight excluding hydrogens is 285 g/mol. The summed E-state index contributed by atoms with van der Waals surface area (Å²) >= 11 is 1.50. The van der Waals surface area contributed by atoms with Crippen molar-refractivity contribution >= 4 is 22.3 Å². The zero-order chi connectivity index (χ0) is 14.8. The van der Waals surface area contributed by atoms with E-state index in [4.69, 9.17) is 0 Å². The number of rotatable bonds is 3. The number of halogens is 1. The Balaban J connectivity index is 1.82. The van der Waals surface area contributed by atoms with Crippen molar-refractivity contribution in [2.45, 2.75) is 13.8 Å². The third kappa shape index (κ3) is 3.08. The first kappa shape index (κ1) is 13.7. The van der Waals surface area contributed by atoms with Crippen LogP contribution in [0.4, 0.5) is 15.3 Å². The average Bonchev–Trinajstić information content (AvgIpc) is 2.93. The minimum Gasteiger partial charge on any atom is -0.316 e. The van der Waals surface area contributed by atoms with Gasteiger partial charge in [-0.05, 0) is 43.2 Å². The predicted molar refractivity (Wildman–Crippen MR) is 84.5 cm³/mol. The Hall–Kier alpha value is -2.27. The van der Waals surface area contributed by atoms with E-state index in [9.17, 15) is 4.39 Å². The van der Waals surface area contributed by atoms with E-state index in [0.717, 1.165) is 16.4 Å². The summed E-state index contributed by atoms with van der Waals surface area (Å²) in [6, 6.07) is 9.25. The van der Waals surface area contributed by atoms with Crippen molar-refractivity contribution in [1.82, 2.24) is 9.97 Å². The molecule has 0 bridgehead atoms. The van der Waals surface area contributed by atoms with Gasteiger partial charge in [0.2, 0.25) is 0 Å². The highest BCUT2D eigenvalue weighted by molar-refractivity contribution is 7.14. The lowest BCUT2D eigenvalue weighted by atomic mass is 10.1. The molecule has 3 aromatic rings. The first-order chi connectivity index (χ1) is 10.1.